The van der Waals surface area contributed by atoms with Gasteiger partial charge in [0.15, 0.2) is 6.10 Å². The first-order valence-corrected chi connectivity index (χ1v) is 8.79. The van der Waals surface area contributed by atoms with E-state index < -0.39 is 6.10 Å². The third kappa shape index (κ3) is 3.96. The van der Waals surface area contributed by atoms with E-state index in [0.717, 1.165) is 30.2 Å². The standard InChI is InChI=1S/C20H25N3O3/c1-14-12-17(13-15(2)21-14)22-8-10-23(11-9-22)20(25)19(24)16-4-6-18(26-3)7-5-16/h4-7,12-13,19,24H,8-11H2,1-3H3/t19-/m0/s1. The Morgan fingerprint density at radius 2 is 1.65 bits per heavy atom. The van der Waals surface area contributed by atoms with Crippen molar-refractivity contribution in [3.63, 3.8) is 0 Å². The van der Waals surface area contributed by atoms with Crippen molar-refractivity contribution >= 4 is 11.6 Å². The first-order valence-electron chi connectivity index (χ1n) is 8.79. The number of hydrogen-bond donors (Lipinski definition) is 1. The van der Waals surface area contributed by atoms with E-state index in [1.807, 2.05) is 13.8 Å². The van der Waals surface area contributed by atoms with Crippen LogP contribution in [0.25, 0.3) is 0 Å². The minimum Gasteiger partial charge on any atom is -0.497 e. The molecule has 1 atom stereocenters. The second kappa shape index (κ2) is 7.74. The highest BCUT2D eigenvalue weighted by Gasteiger charge is 2.27. The number of hydrogen-bond acceptors (Lipinski definition) is 5. The molecule has 6 nitrogen and oxygen atoms in total. The molecule has 1 saturated heterocycles. The van der Waals surface area contributed by atoms with Crippen LogP contribution in [0, 0.1) is 13.8 Å². The van der Waals surface area contributed by atoms with Gasteiger partial charge in [0.1, 0.15) is 5.75 Å². The van der Waals surface area contributed by atoms with Crippen LogP contribution in [0.15, 0.2) is 36.4 Å². The van der Waals surface area contributed by atoms with E-state index >= 15 is 0 Å². The van der Waals surface area contributed by atoms with Gasteiger partial charge in [0.25, 0.3) is 5.91 Å². The number of benzene rings is 1. The summed E-state index contributed by atoms with van der Waals surface area (Å²) in [6.45, 7) is 6.63. The van der Waals surface area contributed by atoms with E-state index in [1.54, 1.807) is 36.3 Å². The summed E-state index contributed by atoms with van der Waals surface area (Å²) in [4.78, 5) is 21.0. The molecule has 0 unspecified atom stereocenters. The number of methoxy groups -OCH3 is 1. The number of amides is 1. The van der Waals surface area contributed by atoms with E-state index in [-0.39, 0.29) is 5.91 Å². The smallest absolute Gasteiger partial charge is 0.256 e. The largest absolute Gasteiger partial charge is 0.497 e. The van der Waals surface area contributed by atoms with Crippen LogP contribution >= 0.6 is 0 Å². The van der Waals surface area contributed by atoms with Gasteiger partial charge in [0, 0.05) is 43.3 Å². The summed E-state index contributed by atoms with van der Waals surface area (Å²) in [6.07, 6.45) is -1.14. The Labute approximate surface area is 154 Å². The van der Waals surface area contributed by atoms with Gasteiger partial charge in [-0.3, -0.25) is 9.78 Å². The summed E-state index contributed by atoms with van der Waals surface area (Å²) in [7, 11) is 1.59. The van der Waals surface area contributed by atoms with Crippen molar-refractivity contribution in [3.8, 4) is 5.75 Å². The second-order valence-corrected chi connectivity index (χ2v) is 6.60. The molecule has 0 saturated carbocycles. The zero-order valence-electron chi connectivity index (χ0n) is 15.5. The number of aliphatic hydroxyl groups is 1. The van der Waals surface area contributed by atoms with Crippen molar-refractivity contribution in [2.75, 3.05) is 38.2 Å². The Bertz CT molecular complexity index is 748. The number of carbonyl (C=O) groups excluding carboxylic acids is 1. The van der Waals surface area contributed by atoms with Crippen molar-refractivity contribution in [2.45, 2.75) is 20.0 Å². The fourth-order valence-corrected chi connectivity index (χ4v) is 3.28. The SMILES string of the molecule is COc1ccc([C@H](O)C(=O)N2CCN(c3cc(C)nc(C)c3)CC2)cc1. The number of nitrogens with zero attached hydrogens (tertiary/aromatic N) is 3. The maximum Gasteiger partial charge on any atom is 0.256 e. The highest BCUT2D eigenvalue weighted by atomic mass is 16.5. The lowest BCUT2D eigenvalue weighted by Gasteiger charge is -2.37. The summed E-state index contributed by atoms with van der Waals surface area (Å²) in [5.41, 5.74) is 3.71. The maximum absolute atomic E-state index is 12.6. The molecule has 138 valence electrons. The van der Waals surface area contributed by atoms with Gasteiger partial charge in [0.05, 0.1) is 7.11 Å². The van der Waals surface area contributed by atoms with Crippen molar-refractivity contribution < 1.29 is 14.6 Å². The van der Waals surface area contributed by atoms with Crippen LogP contribution in [0.4, 0.5) is 5.69 Å². The molecule has 1 amide bonds. The lowest BCUT2D eigenvalue weighted by Crippen LogP contribution is -2.50. The van der Waals surface area contributed by atoms with E-state index in [9.17, 15) is 9.90 Å². The summed E-state index contributed by atoms with van der Waals surface area (Å²) in [5.74, 6) is 0.446. The van der Waals surface area contributed by atoms with E-state index in [1.165, 1.54) is 0 Å². The molecule has 26 heavy (non-hydrogen) atoms. The highest BCUT2D eigenvalue weighted by molar-refractivity contribution is 5.82. The first kappa shape index (κ1) is 18.2. The van der Waals surface area contributed by atoms with Crippen LogP contribution in [0.3, 0.4) is 0 Å². The van der Waals surface area contributed by atoms with Crippen molar-refractivity contribution in [1.82, 2.24) is 9.88 Å². The zero-order valence-corrected chi connectivity index (χ0v) is 15.5. The Morgan fingerprint density at radius 1 is 1.08 bits per heavy atom. The van der Waals surface area contributed by atoms with Crippen LogP contribution in [0.2, 0.25) is 0 Å². The number of aromatic nitrogens is 1. The number of piperazine rings is 1. The Morgan fingerprint density at radius 3 is 2.19 bits per heavy atom. The monoisotopic (exact) mass is 355 g/mol. The van der Waals surface area contributed by atoms with Crippen LogP contribution in [0.1, 0.15) is 23.1 Å². The molecule has 1 aromatic heterocycles. The third-order valence-corrected chi connectivity index (χ3v) is 4.69. The molecule has 0 bridgehead atoms. The Hall–Kier alpha value is -2.60. The first-order chi connectivity index (χ1) is 12.5. The Kier molecular flexibility index (Phi) is 5.42. The van der Waals surface area contributed by atoms with Crippen molar-refractivity contribution in [2.24, 2.45) is 0 Å². The molecule has 0 spiro atoms. The molecule has 1 aliphatic rings. The van der Waals surface area contributed by atoms with Gasteiger partial charge in [-0.15, -0.1) is 0 Å². The van der Waals surface area contributed by atoms with Crippen LogP contribution in [-0.2, 0) is 4.79 Å². The topological polar surface area (TPSA) is 65.9 Å². The molecule has 1 N–H and O–H groups in total. The normalized spacial score (nSPS) is 15.7. The summed E-state index contributed by atoms with van der Waals surface area (Å²) in [6, 6.07) is 11.1. The molecule has 0 radical (unpaired) electrons. The highest BCUT2D eigenvalue weighted by Crippen LogP contribution is 2.22. The molecule has 1 aliphatic heterocycles. The number of anilines is 1. The summed E-state index contributed by atoms with van der Waals surface area (Å²) >= 11 is 0. The minimum atomic E-state index is -1.14. The van der Waals surface area contributed by atoms with Gasteiger partial charge in [0.2, 0.25) is 0 Å². The summed E-state index contributed by atoms with van der Waals surface area (Å²) in [5, 5.41) is 10.4. The number of pyridine rings is 1. The Balaban J connectivity index is 1.62. The molecule has 0 aliphatic carbocycles. The summed E-state index contributed by atoms with van der Waals surface area (Å²) < 4.78 is 5.11. The zero-order chi connectivity index (χ0) is 18.7. The fourth-order valence-electron chi connectivity index (χ4n) is 3.28. The van der Waals surface area contributed by atoms with Crippen LogP contribution in [0.5, 0.6) is 5.75 Å². The molecule has 3 rings (SSSR count). The van der Waals surface area contributed by atoms with E-state index in [2.05, 4.69) is 22.0 Å². The second-order valence-electron chi connectivity index (χ2n) is 6.60. The predicted octanol–water partition coefficient (Wildman–Crippen LogP) is 2.09. The molecule has 6 heteroatoms. The number of aryl methyl sites for hydroxylation is 2. The fraction of sp³-hybridized carbons (Fsp3) is 0.400. The van der Waals surface area contributed by atoms with Gasteiger partial charge in [-0.1, -0.05) is 12.1 Å². The number of carbonyl (C=O) groups is 1. The number of ether oxygens (including phenoxy) is 1. The quantitative estimate of drug-likeness (QED) is 0.910. The van der Waals surface area contributed by atoms with E-state index in [4.69, 9.17) is 4.74 Å². The van der Waals surface area contributed by atoms with Gasteiger partial charge < -0.3 is 19.6 Å². The third-order valence-electron chi connectivity index (χ3n) is 4.69. The maximum atomic E-state index is 12.6. The lowest BCUT2D eigenvalue weighted by molar-refractivity contribution is -0.140. The molecule has 1 aromatic carbocycles. The average molecular weight is 355 g/mol. The van der Waals surface area contributed by atoms with E-state index in [0.29, 0.717) is 24.4 Å². The van der Waals surface area contributed by atoms with Crippen molar-refractivity contribution in [3.05, 3.63) is 53.3 Å². The minimum absolute atomic E-state index is 0.253. The number of aliphatic hydroxyl groups excluding tert-OH is 1. The lowest BCUT2D eigenvalue weighted by atomic mass is 10.1. The van der Waals surface area contributed by atoms with Crippen LogP contribution in [-0.4, -0.2) is 54.2 Å². The van der Waals surface area contributed by atoms with Gasteiger partial charge in [-0.25, -0.2) is 0 Å². The van der Waals surface area contributed by atoms with Gasteiger partial charge in [-0.2, -0.15) is 0 Å². The predicted molar refractivity (Wildman–Crippen MR) is 100 cm³/mol. The molecule has 1 fully saturated rings. The molecule has 2 heterocycles. The van der Waals surface area contributed by atoms with Crippen LogP contribution < -0.4 is 9.64 Å². The van der Waals surface area contributed by atoms with Crippen molar-refractivity contribution in [1.29, 1.82) is 0 Å². The number of rotatable bonds is 4. The molecule has 2 aromatic rings. The molecular formula is C20H25N3O3. The van der Waals surface area contributed by atoms with Gasteiger partial charge in [-0.05, 0) is 43.7 Å². The van der Waals surface area contributed by atoms with Gasteiger partial charge >= 0.3 is 0 Å². The molecular weight excluding hydrogens is 330 g/mol. The average Bonchev–Trinajstić information content (AvgIpc) is 2.66.